The smallest absolute Gasteiger partial charge is 0.147 e. The number of hydrogen-bond acceptors (Lipinski definition) is 6. The van der Waals surface area contributed by atoms with Gasteiger partial charge in [0, 0.05) is 18.1 Å². The summed E-state index contributed by atoms with van der Waals surface area (Å²) >= 11 is 1.39. The highest BCUT2D eigenvalue weighted by molar-refractivity contribution is 7.90. The molecule has 1 N–H and O–H groups in total. The fourth-order valence-corrected chi connectivity index (χ4v) is 3.19. The molecule has 18 heavy (non-hydrogen) atoms. The first kappa shape index (κ1) is 15.5. The molecule has 0 aliphatic rings. The van der Waals surface area contributed by atoms with Gasteiger partial charge in [0.05, 0.1) is 10.6 Å². The number of rotatable bonds is 8. The van der Waals surface area contributed by atoms with E-state index in [0.29, 0.717) is 6.42 Å². The molecule has 0 amide bonds. The predicted octanol–water partition coefficient (Wildman–Crippen LogP) is 1.71. The SMILES string of the molecule is CCCNC(CCCS(C)(=O)=O)c1snnc1C. The van der Waals surface area contributed by atoms with Crippen LogP contribution in [0, 0.1) is 6.92 Å². The summed E-state index contributed by atoms with van der Waals surface area (Å²) < 4.78 is 26.2. The molecule has 1 heterocycles. The predicted molar refractivity (Wildman–Crippen MR) is 74.6 cm³/mol. The van der Waals surface area contributed by atoms with Crippen LogP contribution in [-0.4, -0.2) is 36.6 Å². The normalized spacial score (nSPS) is 13.7. The van der Waals surface area contributed by atoms with E-state index in [9.17, 15) is 8.42 Å². The van der Waals surface area contributed by atoms with E-state index >= 15 is 0 Å². The second-order valence-electron chi connectivity index (χ2n) is 4.50. The Morgan fingerprint density at radius 1 is 1.44 bits per heavy atom. The molecule has 1 atom stereocenters. The van der Waals surface area contributed by atoms with E-state index in [0.717, 1.165) is 30.0 Å². The molecular weight excluding hydrogens is 270 g/mol. The van der Waals surface area contributed by atoms with Crippen LogP contribution >= 0.6 is 11.5 Å². The van der Waals surface area contributed by atoms with Gasteiger partial charge in [-0.25, -0.2) is 8.42 Å². The van der Waals surface area contributed by atoms with Gasteiger partial charge in [-0.05, 0) is 44.3 Å². The fourth-order valence-electron chi connectivity index (χ4n) is 1.75. The molecule has 1 unspecified atom stereocenters. The lowest BCUT2D eigenvalue weighted by Crippen LogP contribution is -2.22. The molecule has 1 aromatic heterocycles. The molecule has 0 aliphatic heterocycles. The number of sulfone groups is 1. The van der Waals surface area contributed by atoms with Gasteiger partial charge in [0.15, 0.2) is 0 Å². The van der Waals surface area contributed by atoms with Gasteiger partial charge in [0.1, 0.15) is 9.84 Å². The molecule has 7 heteroatoms. The largest absolute Gasteiger partial charge is 0.309 e. The maximum Gasteiger partial charge on any atom is 0.147 e. The number of nitrogens with zero attached hydrogens (tertiary/aromatic N) is 2. The van der Waals surface area contributed by atoms with Gasteiger partial charge in [-0.15, -0.1) is 5.10 Å². The minimum absolute atomic E-state index is 0.173. The van der Waals surface area contributed by atoms with E-state index in [-0.39, 0.29) is 11.8 Å². The summed E-state index contributed by atoms with van der Waals surface area (Å²) in [4.78, 5) is 1.12. The number of aromatic nitrogens is 2. The minimum Gasteiger partial charge on any atom is -0.309 e. The lowest BCUT2D eigenvalue weighted by molar-refractivity contribution is 0.496. The van der Waals surface area contributed by atoms with Crippen LogP contribution in [-0.2, 0) is 9.84 Å². The summed E-state index contributed by atoms with van der Waals surface area (Å²) in [5.41, 5.74) is 0.938. The van der Waals surface area contributed by atoms with Crippen LogP contribution in [0.3, 0.4) is 0 Å². The molecule has 0 spiro atoms. The number of nitrogens with one attached hydrogen (secondary N) is 1. The van der Waals surface area contributed by atoms with Crippen molar-refractivity contribution in [3.63, 3.8) is 0 Å². The Morgan fingerprint density at radius 2 is 2.17 bits per heavy atom. The monoisotopic (exact) mass is 291 g/mol. The van der Waals surface area contributed by atoms with Crippen LogP contribution in [0.5, 0.6) is 0 Å². The summed E-state index contributed by atoms with van der Waals surface area (Å²) in [5.74, 6) is 0.239. The Bertz CT molecular complexity index is 457. The van der Waals surface area contributed by atoms with Crippen molar-refractivity contribution in [3.05, 3.63) is 10.6 Å². The molecule has 5 nitrogen and oxygen atoms in total. The van der Waals surface area contributed by atoms with Crippen LogP contribution in [0.15, 0.2) is 0 Å². The topological polar surface area (TPSA) is 72.0 Å². The van der Waals surface area contributed by atoms with Gasteiger partial charge in [0.25, 0.3) is 0 Å². The first-order valence-corrected chi connectivity index (χ1v) is 8.97. The third kappa shape index (κ3) is 5.41. The Hall–Kier alpha value is -0.530. The molecule has 0 saturated heterocycles. The van der Waals surface area contributed by atoms with E-state index in [1.54, 1.807) is 0 Å². The third-order valence-corrected chi connectivity index (χ3v) is 4.62. The van der Waals surface area contributed by atoms with E-state index in [4.69, 9.17) is 0 Å². The van der Waals surface area contributed by atoms with Gasteiger partial charge in [0.2, 0.25) is 0 Å². The molecule has 0 bridgehead atoms. The molecule has 104 valence electrons. The van der Waals surface area contributed by atoms with Gasteiger partial charge >= 0.3 is 0 Å². The van der Waals surface area contributed by atoms with E-state index in [1.807, 2.05) is 6.92 Å². The summed E-state index contributed by atoms with van der Waals surface area (Å²) in [5, 5.41) is 7.45. The van der Waals surface area contributed by atoms with Crippen molar-refractivity contribution in [2.24, 2.45) is 0 Å². The molecule has 0 aromatic carbocycles. The molecule has 1 rings (SSSR count). The quantitative estimate of drug-likeness (QED) is 0.789. The number of aryl methyl sites for hydroxylation is 1. The molecule has 0 radical (unpaired) electrons. The lowest BCUT2D eigenvalue weighted by atomic mass is 10.1. The zero-order chi connectivity index (χ0) is 13.6. The van der Waals surface area contributed by atoms with Crippen LogP contribution in [0.2, 0.25) is 0 Å². The molecule has 1 aromatic rings. The zero-order valence-corrected chi connectivity index (χ0v) is 12.8. The van der Waals surface area contributed by atoms with Crippen LogP contribution < -0.4 is 5.32 Å². The van der Waals surface area contributed by atoms with E-state index < -0.39 is 9.84 Å². The highest BCUT2D eigenvalue weighted by Gasteiger charge is 2.17. The first-order chi connectivity index (χ1) is 8.44. The van der Waals surface area contributed by atoms with Crippen LogP contribution in [0.25, 0.3) is 0 Å². The number of hydrogen-bond donors (Lipinski definition) is 1. The summed E-state index contributed by atoms with van der Waals surface area (Å²) in [6, 6.07) is 0.173. The van der Waals surface area contributed by atoms with E-state index in [1.165, 1.54) is 17.8 Å². The molecular formula is C11H21N3O2S2. The third-order valence-electron chi connectivity index (χ3n) is 2.65. The summed E-state index contributed by atoms with van der Waals surface area (Å²) in [7, 11) is -2.87. The maximum atomic E-state index is 11.1. The van der Waals surface area contributed by atoms with Gasteiger partial charge in [-0.1, -0.05) is 11.4 Å². The van der Waals surface area contributed by atoms with Crippen molar-refractivity contribution < 1.29 is 8.42 Å². The van der Waals surface area contributed by atoms with Gasteiger partial charge in [-0.3, -0.25) is 0 Å². The van der Waals surface area contributed by atoms with Crippen molar-refractivity contribution in [3.8, 4) is 0 Å². The Balaban J connectivity index is 2.59. The van der Waals surface area contributed by atoms with Gasteiger partial charge in [-0.2, -0.15) is 0 Å². The van der Waals surface area contributed by atoms with Crippen molar-refractivity contribution in [1.82, 2.24) is 14.9 Å². The molecule has 0 aliphatic carbocycles. The van der Waals surface area contributed by atoms with Crippen molar-refractivity contribution in [2.45, 2.75) is 39.2 Å². The second kappa shape index (κ2) is 7.16. The van der Waals surface area contributed by atoms with Gasteiger partial charge < -0.3 is 5.32 Å². The highest BCUT2D eigenvalue weighted by Crippen LogP contribution is 2.24. The van der Waals surface area contributed by atoms with Crippen LogP contribution in [0.4, 0.5) is 0 Å². The van der Waals surface area contributed by atoms with E-state index in [2.05, 4.69) is 21.8 Å². The first-order valence-electron chi connectivity index (χ1n) is 6.14. The van der Waals surface area contributed by atoms with Crippen LogP contribution in [0.1, 0.15) is 42.8 Å². The Kier molecular flexibility index (Phi) is 6.17. The molecule has 0 fully saturated rings. The second-order valence-corrected chi connectivity index (χ2v) is 7.55. The maximum absolute atomic E-state index is 11.1. The highest BCUT2D eigenvalue weighted by atomic mass is 32.2. The minimum atomic E-state index is -2.87. The fraction of sp³-hybridized carbons (Fsp3) is 0.818. The average molecular weight is 291 g/mol. The zero-order valence-electron chi connectivity index (χ0n) is 11.1. The molecule has 0 saturated carbocycles. The summed E-state index contributed by atoms with van der Waals surface area (Å²) in [6.45, 7) is 4.97. The Labute approximate surface area is 113 Å². The van der Waals surface area contributed by atoms with Crippen molar-refractivity contribution >= 4 is 21.4 Å². The van der Waals surface area contributed by atoms with Crippen molar-refractivity contribution in [2.75, 3.05) is 18.6 Å². The van der Waals surface area contributed by atoms with Crippen molar-refractivity contribution in [1.29, 1.82) is 0 Å². The average Bonchev–Trinajstić information content (AvgIpc) is 2.68. The lowest BCUT2D eigenvalue weighted by Gasteiger charge is -2.16. The summed E-state index contributed by atoms with van der Waals surface area (Å²) in [6.07, 6.45) is 3.80. The Morgan fingerprint density at radius 3 is 2.67 bits per heavy atom. The standard InChI is InChI=1S/C11H21N3O2S2/c1-4-7-12-10(6-5-8-18(3,15)16)11-9(2)13-14-17-11/h10,12H,4-8H2,1-3H3.